The van der Waals surface area contributed by atoms with E-state index in [1.165, 1.54) is 43.9 Å². The molecule has 192 valence electrons. The van der Waals surface area contributed by atoms with Gasteiger partial charge < -0.3 is 14.6 Å². The van der Waals surface area contributed by atoms with Gasteiger partial charge in [0.2, 0.25) is 0 Å². The first-order chi connectivity index (χ1) is 17.7. The van der Waals surface area contributed by atoms with Gasteiger partial charge in [-0.2, -0.15) is 10.2 Å². The van der Waals surface area contributed by atoms with Gasteiger partial charge in [-0.05, 0) is 39.8 Å². The summed E-state index contributed by atoms with van der Waals surface area (Å²) in [6, 6.07) is 1.57. The van der Waals surface area contributed by atoms with Crippen LogP contribution in [0.3, 0.4) is 0 Å². The molecule has 6 atom stereocenters. The van der Waals surface area contributed by atoms with E-state index in [2.05, 4.69) is 40.4 Å². The Hall–Kier alpha value is -4.26. The van der Waals surface area contributed by atoms with E-state index in [0.717, 1.165) is 0 Å². The Labute approximate surface area is 212 Å². The summed E-state index contributed by atoms with van der Waals surface area (Å²) >= 11 is 0. The number of aromatic nitrogens is 4. The van der Waals surface area contributed by atoms with Crippen molar-refractivity contribution < 1.29 is 24.2 Å². The summed E-state index contributed by atoms with van der Waals surface area (Å²) in [5.74, 6) is -4.81. The predicted octanol–water partition coefficient (Wildman–Crippen LogP) is 3.21. The molecule has 0 aliphatic carbocycles. The molecular weight excluding hydrogens is 480 g/mol. The van der Waals surface area contributed by atoms with Crippen LogP contribution in [-0.2, 0) is 19.1 Å². The first-order valence-corrected chi connectivity index (χ1v) is 11.6. The van der Waals surface area contributed by atoms with Gasteiger partial charge in [-0.1, -0.05) is 0 Å². The van der Waals surface area contributed by atoms with Gasteiger partial charge in [0.25, 0.3) is 17.7 Å². The van der Waals surface area contributed by atoms with Gasteiger partial charge in [0.1, 0.15) is 11.7 Å². The van der Waals surface area contributed by atoms with Crippen LogP contribution < -0.4 is 0 Å². The average molecular weight is 507 g/mol. The third kappa shape index (κ3) is 5.61. The summed E-state index contributed by atoms with van der Waals surface area (Å²) in [6.07, 6.45) is 7.28. The second kappa shape index (κ2) is 10.8. The third-order valence-corrected chi connectivity index (χ3v) is 5.91. The average Bonchev–Trinajstić information content (AvgIpc) is 2.86. The Morgan fingerprint density at radius 2 is 1.35 bits per heavy atom. The number of carbonyl (C=O) groups is 2. The lowest BCUT2D eigenvalue weighted by atomic mass is 9.75. The molecule has 0 fully saturated rings. The van der Waals surface area contributed by atoms with E-state index < -0.39 is 41.6 Å². The summed E-state index contributed by atoms with van der Waals surface area (Å²) in [5, 5.41) is 28.3. The molecule has 0 bridgehead atoms. The van der Waals surface area contributed by atoms with E-state index in [1.54, 1.807) is 32.9 Å². The number of aliphatic hydroxyl groups is 1. The first-order valence-electron chi connectivity index (χ1n) is 11.6. The highest BCUT2D eigenvalue weighted by Gasteiger charge is 2.60. The molecule has 0 radical (unpaired) electrons. The molecule has 13 nitrogen and oxygen atoms in total. The minimum atomic E-state index is -2.28. The zero-order chi connectivity index (χ0) is 26.6. The Morgan fingerprint density at radius 1 is 0.838 bits per heavy atom. The van der Waals surface area contributed by atoms with E-state index in [1.807, 2.05) is 0 Å². The quantitative estimate of drug-likeness (QED) is 0.553. The standard InChI is InChI=1S/C24H26N8O5/c1-13-11-17(33)19(15(3)29-31-22-25-7-5-8-26-22)21(36-13)24(35)20(18(34)12-14(2)37-24)16(4)30-32-23-27-9-6-10-28-23/h5-12,15-16,19-21,35H,1-4H3. The molecule has 37 heavy (non-hydrogen) atoms. The van der Waals surface area contributed by atoms with Crippen molar-refractivity contribution in [1.29, 1.82) is 0 Å². The van der Waals surface area contributed by atoms with Crippen molar-refractivity contribution in [3.05, 3.63) is 60.6 Å². The van der Waals surface area contributed by atoms with Crippen LogP contribution in [0, 0.1) is 11.8 Å². The van der Waals surface area contributed by atoms with Crippen LogP contribution in [-0.4, -0.2) is 60.6 Å². The minimum absolute atomic E-state index is 0.0895. The van der Waals surface area contributed by atoms with Crippen molar-refractivity contribution in [2.24, 2.45) is 32.3 Å². The fourth-order valence-electron chi connectivity index (χ4n) is 4.36. The van der Waals surface area contributed by atoms with E-state index in [-0.39, 0.29) is 29.2 Å². The molecule has 13 heteroatoms. The van der Waals surface area contributed by atoms with Crippen molar-refractivity contribution in [2.45, 2.75) is 51.7 Å². The highest BCUT2D eigenvalue weighted by Crippen LogP contribution is 2.42. The number of ketones is 2. The first kappa shape index (κ1) is 25.8. The van der Waals surface area contributed by atoms with Crippen LogP contribution in [0.4, 0.5) is 11.9 Å². The molecule has 0 saturated carbocycles. The smallest absolute Gasteiger partial charge is 0.268 e. The van der Waals surface area contributed by atoms with Gasteiger partial charge in [0.15, 0.2) is 17.7 Å². The number of ether oxygens (including phenoxy) is 2. The maximum absolute atomic E-state index is 13.2. The molecular formula is C24H26N8O5. The van der Waals surface area contributed by atoms with Crippen molar-refractivity contribution >= 4 is 23.5 Å². The molecule has 0 amide bonds. The van der Waals surface area contributed by atoms with E-state index in [9.17, 15) is 14.7 Å². The van der Waals surface area contributed by atoms with Gasteiger partial charge in [0.05, 0.1) is 23.8 Å². The number of carbonyl (C=O) groups excluding carboxylic acids is 2. The van der Waals surface area contributed by atoms with Crippen LogP contribution in [0.25, 0.3) is 0 Å². The zero-order valence-electron chi connectivity index (χ0n) is 20.7. The molecule has 2 aliphatic rings. The number of rotatable bonds is 7. The van der Waals surface area contributed by atoms with Crippen LogP contribution in [0.2, 0.25) is 0 Å². The minimum Gasteiger partial charge on any atom is -0.487 e. The fourth-order valence-corrected chi connectivity index (χ4v) is 4.36. The lowest BCUT2D eigenvalue weighted by Gasteiger charge is -2.47. The maximum atomic E-state index is 13.2. The molecule has 2 aromatic heterocycles. The summed E-state index contributed by atoms with van der Waals surface area (Å²) < 4.78 is 11.9. The molecule has 1 N–H and O–H groups in total. The van der Waals surface area contributed by atoms with E-state index >= 15 is 0 Å². The van der Waals surface area contributed by atoms with Crippen molar-refractivity contribution in [3.8, 4) is 0 Å². The second-order valence-electron chi connectivity index (χ2n) is 8.72. The Morgan fingerprint density at radius 3 is 1.92 bits per heavy atom. The molecule has 0 saturated heterocycles. The zero-order valence-corrected chi connectivity index (χ0v) is 20.7. The van der Waals surface area contributed by atoms with Crippen molar-refractivity contribution in [1.82, 2.24) is 19.9 Å². The van der Waals surface area contributed by atoms with E-state index in [4.69, 9.17) is 9.47 Å². The van der Waals surface area contributed by atoms with Gasteiger partial charge >= 0.3 is 0 Å². The number of hydrogen-bond donors (Lipinski definition) is 1. The molecule has 0 spiro atoms. The van der Waals surface area contributed by atoms with Crippen LogP contribution >= 0.6 is 0 Å². The van der Waals surface area contributed by atoms with Gasteiger partial charge in [-0.15, -0.1) is 10.2 Å². The molecule has 6 unspecified atom stereocenters. The highest BCUT2D eigenvalue weighted by molar-refractivity contribution is 5.96. The van der Waals surface area contributed by atoms with Gasteiger partial charge in [0, 0.05) is 36.9 Å². The monoisotopic (exact) mass is 506 g/mol. The largest absolute Gasteiger partial charge is 0.487 e. The Kier molecular flexibility index (Phi) is 7.53. The van der Waals surface area contributed by atoms with Gasteiger partial charge in [-0.25, -0.2) is 19.9 Å². The summed E-state index contributed by atoms with van der Waals surface area (Å²) in [6.45, 7) is 6.34. The van der Waals surface area contributed by atoms with Crippen LogP contribution in [0.15, 0.2) is 81.0 Å². The van der Waals surface area contributed by atoms with Crippen molar-refractivity contribution in [2.75, 3.05) is 0 Å². The lowest BCUT2D eigenvalue weighted by Crippen LogP contribution is -2.63. The van der Waals surface area contributed by atoms with Crippen molar-refractivity contribution in [3.63, 3.8) is 0 Å². The second-order valence-corrected chi connectivity index (χ2v) is 8.72. The lowest BCUT2D eigenvalue weighted by molar-refractivity contribution is -0.282. The summed E-state index contributed by atoms with van der Waals surface area (Å²) in [4.78, 5) is 42.3. The van der Waals surface area contributed by atoms with Crippen LogP contribution in [0.1, 0.15) is 27.7 Å². The summed E-state index contributed by atoms with van der Waals surface area (Å²) in [7, 11) is 0. The van der Waals surface area contributed by atoms with Crippen LogP contribution in [0.5, 0.6) is 0 Å². The fraction of sp³-hybridized carbons (Fsp3) is 0.417. The van der Waals surface area contributed by atoms with E-state index in [0.29, 0.717) is 0 Å². The number of azo groups is 2. The Bertz CT molecular complexity index is 1270. The Balaban J connectivity index is 1.70. The molecule has 2 aliphatic heterocycles. The number of allylic oxidation sites excluding steroid dienone is 4. The maximum Gasteiger partial charge on any atom is 0.268 e. The SMILES string of the molecule is CC1=CC(=O)C(C(C)N=Nc2ncccn2)C(C2(O)OC(C)=CC(=O)C2C(C)N=Nc2ncccn2)O1. The molecule has 4 heterocycles. The number of hydrogen-bond acceptors (Lipinski definition) is 13. The normalized spacial score (nSPS) is 27.9. The topological polar surface area (TPSA) is 174 Å². The number of nitrogens with zero attached hydrogens (tertiary/aromatic N) is 8. The third-order valence-electron chi connectivity index (χ3n) is 5.91. The molecule has 2 aromatic rings. The molecule has 0 aromatic carbocycles. The van der Waals surface area contributed by atoms with Gasteiger partial charge in [-0.3, -0.25) is 9.59 Å². The summed E-state index contributed by atoms with van der Waals surface area (Å²) in [5.41, 5.74) is 0. The predicted molar refractivity (Wildman–Crippen MR) is 127 cm³/mol. The molecule has 4 rings (SSSR count). The highest BCUT2D eigenvalue weighted by atomic mass is 16.7.